The maximum absolute atomic E-state index is 13.3. The van der Waals surface area contributed by atoms with Crippen LogP contribution in [0.15, 0.2) is 36.4 Å². The second-order valence-electron chi connectivity index (χ2n) is 4.91. The number of halogens is 4. The zero-order chi connectivity index (χ0) is 18.9. The first-order chi connectivity index (χ1) is 11.5. The van der Waals surface area contributed by atoms with E-state index in [1.54, 1.807) is 0 Å². The van der Waals surface area contributed by atoms with E-state index >= 15 is 0 Å². The molecule has 25 heavy (non-hydrogen) atoms. The maximum Gasteiger partial charge on any atom is 0.418 e. The number of hydrogen-bond donors (Lipinski definition) is 0. The Hall–Kier alpha value is -3.24. The smallest absolute Gasteiger partial charge is 0.339 e. The van der Waals surface area contributed by atoms with E-state index in [2.05, 4.69) is 0 Å². The fourth-order valence-corrected chi connectivity index (χ4v) is 2.21. The molecule has 2 aromatic rings. The van der Waals surface area contributed by atoms with Gasteiger partial charge in [-0.1, -0.05) is 0 Å². The molecule has 0 unspecified atom stereocenters. The molecule has 0 bridgehead atoms. The third-order valence-electron chi connectivity index (χ3n) is 3.34. The van der Waals surface area contributed by atoms with Crippen molar-refractivity contribution in [1.29, 1.82) is 0 Å². The van der Waals surface area contributed by atoms with E-state index in [0.717, 1.165) is 36.2 Å². The second kappa shape index (κ2) is 6.34. The Balaban J connectivity index is 2.79. The van der Waals surface area contributed by atoms with E-state index in [1.165, 1.54) is 0 Å². The largest absolute Gasteiger partial charge is 0.418 e. The number of nitro benzene ring substituents is 2. The molecule has 2 rings (SSSR count). The highest BCUT2D eigenvalue weighted by Gasteiger charge is 2.41. The predicted octanol–water partition coefficient (Wildman–Crippen LogP) is 4.43. The summed E-state index contributed by atoms with van der Waals surface area (Å²) in [5.74, 6) is -0.647. The maximum atomic E-state index is 13.3. The van der Waals surface area contributed by atoms with Crippen LogP contribution >= 0.6 is 0 Å². The van der Waals surface area contributed by atoms with E-state index in [-0.39, 0.29) is 11.8 Å². The minimum Gasteiger partial charge on any atom is -0.339 e. The molecule has 2 aromatic carbocycles. The highest BCUT2D eigenvalue weighted by Crippen LogP contribution is 2.45. The topological polar surface area (TPSA) is 89.5 Å². The van der Waals surface area contributed by atoms with Gasteiger partial charge in [0, 0.05) is 18.8 Å². The highest BCUT2D eigenvalue weighted by molar-refractivity contribution is 5.77. The number of rotatable bonds is 4. The van der Waals surface area contributed by atoms with Crippen LogP contribution in [0, 0.1) is 26.0 Å². The van der Waals surface area contributed by atoms with Gasteiger partial charge in [0.1, 0.15) is 11.5 Å². The normalized spacial score (nSPS) is 11.2. The molecule has 0 fully saturated rings. The van der Waals surface area contributed by atoms with Gasteiger partial charge in [0.15, 0.2) is 0 Å². The summed E-state index contributed by atoms with van der Waals surface area (Å²) >= 11 is 0. The van der Waals surface area contributed by atoms with E-state index in [1.807, 2.05) is 0 Å². The van der Waals surface area contributed by atoms with Gasteiger partial charge in [0.2, 0.25) is 0 Å². The van der Waals surface area contributed by atoms with Crippen LogP contribution in [0.4, 0.5) is 40.3 Å². The Morgan fingerprint density at radius 1 is 1.00 bits per heavy atom. The first kappa shape index (κ1) is 18.1. The minimum absolute atomic E-state index is 0.0313. The van der Waals surface area contributed by atoms with Crippen molar-refractivity contribution in [3.63, 3.8) is 0 Å². The zero-order valence-corrected chi connectivity index (χ0v) is 12.5. The van der Waals surface area contributed by atoms with E-state index < -0.39 is 44.5 Å². The first-order valence-corrected chi connectivity index (χ1v) is 6.55. The molecule has 7 nitrogen and oxygen atoms in total. The molecule has 0 atom stereocenters. The fraction of sp³-hybridized carbons (Fsp3) is 0.143. The van der Waals surface area contributed by atoms with Crippen LogP contribution in [-0.2, 0) is 6.18 Å². The molecule has 0 spiro atoms. The van der Waals surface area contributed by atoms with Gasteiger partial charge in [-0.3, -0.25) is 20.2 Å². The molecule has 11 heteroatoms. The average Bonchev–Trinajstić information content (AvgIpc) is 2.52. The second-order valence-corrected chi connectivity index (χ2v) is 4.91. The summed E-state index contributed by atoms with van der Waals surface area (Å²) in [5.41, 5.74) is -4.54. The van der Waals surface area contributed by atoms with Crippen molar-refractivity contribution in [2.45, 2.75) is 6.18 Å². The summed E-state index contributed by atoms with van der Waals surface area (Å²) in [4.78, 5) is 20.5. The summed E-state index contributed by atoms with van der Waals surface area (Å²) in [7, 11) is 1.11. The van der Waals surface area contributed by atoms with Crippen molar-refractivity contribution in [3.05, 3.63) is 68.0 Å². The van der Waals surface area contributed by atoms with Gasteiger partial charge in [0.05, 0.1) is 21.5 Å². The molecule has 0 amide bonds. The molecular weight excluding hydrogens is 350 g/mol. The molecule has 0 aliphatic heterocycles. The van der Waals surface area contributed by atoms with Gasteiger partial charge >= 0.3 is 6.18 Å². The van der Waals surface area contributed by atoms with Gasteiger partial charge in [-0.2, -0.15) is 13.2 Å². The Labute approximate surface area is 137 Å². The van der Waals surface area contributed by atoms with Crippen LogP contribution in [0.5, 0.6) is 0 Å². The molecule has 0 saturated heterocycles. The van der Waals surface area contributed by atoms with E-state index in [4.69, 9.17) is 0 Å². The van der Waals surface area contributed by atoms with Crippen LogP contribution in [0.3, 0.4) is 0 Å². The molecular formula is C14H9F4N3O4. The average molecular weight is 359 g/mol. The molecule has 0 aliphatic rings. The van der Waals surface area contributed by atoms with Gasteiger partial charge < -0.3 is 4.90 Å². The van der Waals surface area contributed by atoms with Gasteiger partial charge in [0.25, 0.3) is 11.4 Å². The quantitative estimate of drug-likeness (QED) is 0.458. The molecule has 0 aliphatic carbocycles. The van der Waals surface area contributed by atoms with Crippen LogP contribution < -0.4 is 4.90 Å². The van der Waals surface area contributed by atoms with Gasteiger partial charge in [-0.05, 0) is 24.3 Å². The van der Waals surface area contributed by atoms with Crippen LogP contribution in [-0.4, -0.2) is 16.9 Å². The minimum atomic E-state index is -5.08. The van der Waals surface area contributed by atoms with Crippen LogP contribution in [0.25, 0.3) is 0 Å². The van der Waals surface area contributed by atoms with E-state index in [0.29, 0.717) is 6.07 Å². The lowest BCUT2D eigenvalue weighted by atomic mass is 10.1. The summed E-state index contributed by atoms with van der Waals surface area (Å²) in [5, 5.41) is 22.0. The SMILES string of the molecule is CN(c1ccc(F)cc1)c1c([N+](=O)[O-])cc([N+](=O)[O-])cc1C(F)(F)F. The lowest BCUT2D eigenvalue weighted by Gasteiger charge is -2.23. The third-order valence-corrected chi connectivity index (χ3v) is 3.34. The van der Waals surface area contributed by atoms with Crippen molar-refractivity contribution in [2.24, 2.45) is 0 Å². The lowest BCUT2D eigenvalue weighted by Crippen LogP contribution is -2.18. The number of nitrogens with zero attached hydrogens (tertiary/aromatic N) is 3. The van der Waals surface area contributed by atoms with Crippen molar-refractivity contribution in [2.75, 3.05) is 11.9 Å². The predicted molar refractivity (Wildman–Crippen MR) is 79.2 cm³/mol. The molecule has 0 aromatic heterocycles. The molecule has 0 saturated carbocycles. The van der Waals surface area contributed by atoms with Crippen molar-refractivity contribution < 1.29 is 27.4 Å². The Bertz CT molecular complexity index is 837. The number of anilines is 2. The van der Waals surface area contributed by atoms with Crippen LogP contribution in [0.2, 0.25) is 0 Å². The number of non-ortho nitro benzene ring substituents is 1. The summed E-state index contributed by atoms with van der Waals surface area (Å²) in [6, 6.07) is 4.86. The highest BCUT2D eigenvalue weighted by atomic mass is 19.4. The number of nitro groups is 2. The molecule has 0 heterocycles. The summed E-state index contributed by atoms with van der Waals surface area (Å²) < 4.78 is 53.0. The third kappa shape index (κ3) is 3.65. The van der Waals surface area contributed by atoms with Crippen molar-refractivity contribution >= 4 is 22.7 Å². The monoisotopic (exact) mass is 359 g/mol. The zero-order valence-electron chi connectivity index (χ0n) is 12.5. The first-order valence-electron chi connectivity index (χ1n) is 6.55. The Kier molecular flexibility index (Phi) is 4.59. The molecule has 132 valence electrons. The number of hydrogen-bond acceptors (Lipinski definition) is 5. The lowest BCUT2D eigenvalue weighted by molar-refractivity contribution is -0.394. The van der Waals surface area contributed by atoms with E-state index in [9.17, 15) is 37.8 Å². The molecule has 0 radical (unpaired) electrons. The summed E-state index contributed by atoms with van der Waals surface area (Å²) in [6.45, 7) is 0. The number of benzene rings is 2. The van der Waals surface area contributed by atoms with Gasteiger partial charge in [-0.15, -0.1) is 0 Å². The van der Waals surface area contributed by atoms with Gasteiger partial charge in [-0.25, -0.2) is 4.39 Å². The molecule has 0 N–H and O–H groups in total. The fourth-order valence-electron chi connectivity index (χ4n) is 2.21. The summed E-state index contributed by atoms with van der Waals surface area (Å²) in [6.07, 6.45) is -5.08. The Morgan fingerprint density at radius 3 is 2.00 bits per heavy atom. The van der Waals surface area contributed by atoms with Crippen LogP contribution in [0.1, 0.15) is 5.56 Å². The Morgan fingerprint density at radius 2 is 1.56 bits per heavy atom. The standard InChI is InChI=1S/C14H9F4N3O4/c1-19(9-4-2-8(15)3-5-9)13-11(14(16,17)18)6-10(20(22)23)7-12(13)21(24)25/h2-7H,1H3. The van der Waals surface area contributed by atoms with Crippen molar-refractivity contribution in [3.8, 4) is 0 Å². The van der Waals surface area contributed by atoms with Crippen molar-refractivity contribution in [1.82, 2.24) is 0 Å². The number of alkyl halides is 3.